The first-order valence-corrected chi connectivity index (χ1v) is 6.72. The maximum Gasteiger partial charge on any atom is 0.196 e. The molecule has 0 radical (unpaired) electrons. The molecular formula is C13H14N4S. The van der Waals surface area contributed by atoms with Gasteiger partial charge in [0, 0.05) is 23.3 Å². The number of nitrogens with zero attached hydrogens (tertiary/aromatic N) is 3. The Kier molecular flexibility index (Phi) is 2.56. The highest BCUT2D eigenvalue weighted by Gasteiger charge is 2.16. The Hall–Kier alpha value is -1.88. The van der Waals surface area contributed by atoms with E-state index in [4.69, 9.17) is 5.73 Å². The summed E-state index contributed by atoms with van der Waals surface area (Å²) < 4.78 is 2.02. The van der Waals surface area contributed by atoms with Crippen molar-refractivity contribution < 1.29 is 0 Å². The van der Waals surface area contributed by atoms with E-state index in [1.165, 1.54) is 0 Å². The smallest absolute Gasteiger partial charge is 0.196 e. The van der Waals surface area contributed by atoms with Gasteiger partial charge in [-0.3, -0.25) is 9.38 Å². The lowest BCUT2D eigenvalue weighted by atomic mass is 10.1. The molecule has 3 aromatic heterocycles. The highest BCUT2D eigenvalue weighted by molar-refractivity contribution is 7.15. The number of imidazole rings is 1. The summed E-state index contributed by atoms with van der Waals surface area (Å²) in [6.45, 7) is 4.21. The van der Waals surface area contributed by atoms with Crippen LogP contribution in [0.25, 0.3) is 16.2 Å². The summed E-state index contributed by atoms with van der Waals surface area (Å²) in [6, 6.07) is 3.96. The summed E-state index contributed by atoms with van der Waals surface area (Å²) in [5, 5.41) is 2.08. The first kappa shape index (κ1) is 11.2. The second-order valence-corrected chi connectivity index (χ2v) is 5.35. The molecule has 0 fully saturated rings. The molecule has 0 unspecified atom stereocenters. The summed E-state index contributed by atoms with van der Waals surface area (Å²) in [7, 11) is 0. The summed E-state index contributed by atoms with van der Waals surface area (Å²) in [6.07, 6.45) is 3.57. The third kappa shape index (κ3) is 1.59. The van der Waals surface area contributed by atoms with E-state index in [1.54, 1.807) is 23.7 Å². The van der Waals surface area contributed by atoms with Crippen LogP contribution in [0.3, 0.4) is 0 Å². The fourth-order valence-corrected chi connectivity index (χ4v) is 2.96. The summed E-state index contributed by atoms with van der Waals surface area (Å²) in [5.41, 5.74) is 9.37. The molecule has 0 atom stereocenters. The van der Waals surface area contributed by atoms with Gasteiger partial charge in [0.1, 0.15) is 5.82 Å². The number of nitrogen functional groups attached to an aromatic ring is 1. The number of anilines is 1. The zero-order valence-corrected chi connectivity index (χ0v) is 11.1. The van der Waals surface area contributed by atoms with Crippen molar-refractivity contribution in [3.05, 3.63) is 35.6 Å². The molecule has 0 aliphatic carbocycles. The molecule has 0 saturated heterocycles. The van der Waals surface area contributed by atoms with Crippen LogP contribution in [0.1, 0.15) is 25.5 Å². The van der Waals surface area contributed by atoms with E-state index in [0.717, 1.165) is 27.7 Å². The molecule has 4 nitrogen and oxygen atoms in total. The van der Waals surface area contributed by atoms with Gasteiger partial charge >= 0.3 is 0 Å². The van der Waals surface area contributed by atoms with Crippen molar-refractivity contribution >= 4 is 22.1 Å². The van der Waals surface area contributed by atoms with Crippen LogP contribution in [-0.4, -0.2) is 14.4 Å². The van der Waals surface area contributed by atoms with Gasteiger partial charge in [0.15, 0.2) is 4.96 Å². The van der Waals surface area contributed by atoms with Crippen LogP contribution in [0.5, 0.6) is 0 Å². The number of rotatable bonds is 2. The third-order valence-electron chi connectivity index (χ3n) is 2.95. The Morgan fingerprint density at radius 3 is 2.67 bits per heavy atom. The first-order chi connectivity index (χ1) is 8.68. The molecule has 3 aromatic rings. The van der Waals surface area contributed by atoms with Crippen molar-refractivity contribution in [2.75, 3.05) is 5.73 Å². The van der Waals surface area contributed by atoms with Crippen LogP contribution in [0.2, 0.25) is 0 Å². The number of hydrogen-bond acceptors (Lipinski definition) is 4. The summed E-state index contributed by atoms with van der Waals surface area (Å²) in [5.74, 6) is 1.08. The molecule has 0 saturated carbocycles. The number of aromatic nitrogens is 3. The highest BCUT2D eigenvalue weighted by atomic mass is 32.1. The normalized spacial score (nSPS) is 11.5. The second-order valence-electron chi connectivity index (χ2n) is 4.51. The van der Waals surface area contributed by atoms with Gasteiger partial charge in [0.25, 0.3) is 0 Å². The fourth-order valence-electron chi connectivity index (χ4n) is 2.05. The van der Waals surface area contributed by atoms with Crippen molar-refractivity contribution in [3.63, 3.8) is 0 Å². The number of thiazole rings is 1. The van der Waals surface area contributed by atoms with Crippen molar-refractivity contribution in [2.45, 2.75) is 19.8 Å². The predicted molar refractivity (Wildman–Crippen MR) is 74.8 cm³/mol. The summed E-state index contributed by atoms with van der Waals surface area (Å²) in [4.78, 5) is 9.58. The first-order valence-electron chi connectivity index (χ1n) is 5.84. The van der Waals surface area contributed by atoms with Gasteiger partial charge in [-0.05, 0) is 18.1 Å². The molecular weight excluding hydrogens is 244 g/mol. The van der Waals surface area contributed by atoms with E-state index in [0.29, 0.717) is 5.92 Å². The lowest BCUT2D eigenvalue weighted by molar-refractivity contribution is 0.838. The van der Waals surface area contributed by atoms with Gasteiger partial charge in [-0.25, -0.2) is 4.98 Å². The minimum atomic E-state index is 0.336. The van der Waals surface area contributed by atoms with Crippen LogP contribution in [-0.2, 0) is 0 Å². The van der Waals surface area contributed by atoms with Gasteiger partial charge in [-0.15, -0.1) is 11.3 Å². The van der Waals surface area contributed by atoms with Crippen molar-refractivity contribution in [1.82, 2.24) is 14.4 Å². The van der Waals surface area contributed by atoms with Gasteiger partial charge < -0.3 is 5.73 Å². The molecule has 92 valence electrons. The molecule has 0 amide bonds. The summed E-state index contributed by atoms with van der Waals surface area (Å²) >= 11 is 1.61. The lowest BCUT2D eigenvalue weighted by Gasteiger charge is -2.04. The van der Waals surface area contributed by atoms with Crippen molar-refractivity contribution in [2.24, 2.45) is 0 Å². The zero-order chi connectivity index (χ0) is 12.7. The maximum atomic E-state index is 6.21. The standard InChI is InChI=1S/C13H14N4S/c1-8(2)11-12(14)17-10(7-18-13(17)16-11)9-3-5-15-6-4-9/h3-8H,14H2,1-2H3. The Morgan fingerprint density at radius 1 is 1.28 bits per heavy atom. The van der Waals surface area contributed by atoms with E-state index < -0.39 is 0 Å². The van der Waals surface area contributed by atoms with Crippen LogP contribution < -0.4 is 5.73 Å². The molecule has 2 N–H and O–H groups in total. The molecule has 0 aliphatic heterocycles. The van der Waals surface area contributed by atoms with E-state index in [-0.39, 0.29) is 0 Å². The van der Waals surface area contributed by atoms with Gasteiger partial charge in [-0.1, -0.05) is 13.8 Å². The minimum absolute atomic E-state index is 0.336. The molecule has 5 heteroatoms. The molecule has 3 heterocycles. The Morgan fingerprint density at radius 2 is 2.00 bits per heavy atom. The molecule has 0 spiro atoms. The van der Waals surface area contributed by atoms with Crippen LogP contribution >= 0.6 is 11.3 Å². The molecule has 0 aliphatic rings. The topological polar surface area (TPSA) is 56.2 Å². The van der Waals surface area contributed by atoms with Crippen molar-refractivity contribution in [3.8, 4) is 11.3 Å². The van der Waals surface area contributed by atoms with E-state index in [2.05, 4.69) is 29.2 Å². The average molecular weight is 258 g/mol. The maximum absolute atomic E-state index is 6.21. The monoisotopic (exact) mass is 258 g/mol. The average Bonchev–Trinajstić information content (AvgIpc) is 2.91. The Bertz CT molecular complexity index is 682. The van der Waals surface area contributed by atoms with Crippen LogP contribution in [0.4, 0.5) is 5.82 Å². The van der Waals surface area contributed by atoms with Gasteiger partial charge in [0.2, 0.25) is 0 Å². The minimum Gasteiger partial charge on any atom is -0.383 e. The van der Waals surface area contributed by atoms with Gasteiger partial charge in [-0.2, -0.15) is 0 Å². The molecule has 18 heavy (non-hydrogen) atoms. The van der Waals surface area contributed by atoms with E-state index in [1.807, 2.05) is 16.5 Å². The molecule has 3 rings (SSSR count). The SMILES string of the molecule is CC(C)c1nc2scc(-c3ccncc3)n2c1N. The van der Waals surface area contributed by atoms with Crippen LogP contribution in [0.15, 0.2) is 29.9 Å². The van der Waals surface area contributed by atoms with Gasteiger partial charge in [0.05, 0.1) is 11.4 Å². The van der Waals surface area contributed by atoms with E-state index >= 15 is 0 Å². The Labute approximate surface area is 109 Å². The zero-order valence-electron chi connectivity index (χ0n) is 10.3. The lowest BCUT2D eigenvalue weighted by Crippen LogP contribution is -1.98. The fraction of sp³-hybridized carbons (Fsp3) is 0.231. The molecule has 0 aromatic carbocycles. The van der Waals surface area contributed by atoms with Crippen LogP contribution in [0, 0.1) is 0 Å². The number of pyridine rings is 1. The number of hydrogen-bond donors (Lipinski definition) is 1. The third-order valence-corrected chi connectivity index (χ3v) is 3.78. The second kappa shape index (κ2) is 4.10. The van der Waals surface area contributed by atoms with E-state index in [9.17, 15) is 0 Å². The van der Waals surface area contributed by atoms with Crippen molar-refractivity contribution in [1.29, 1.82) is 0 Å². The largest absolute Gasteiger partial charge is 0.383 e. The quantitative estimate of drug-likeness (QED) is 0.768. The number of nitrogens with two attached hydrogens (primary N) is 1. The predicted octanol–water partition coefficient (Wildman–Crippen LogP) is 3.16. The Balaban J connectivity index is 2.26. The highest BCUT2D eigenvalue weighted by Crippen LogP contribution is 2.32. The molecule has 0 bridgehead atoms. The number of fused-ring (bicyclic) bond motifs is 1.